The van der Waals surface area contributed by atoms with Gasteiger partial charge in [-0.1, -0.05) is 13.8 Å². The summed E-state index contributed by atoms with van der Waals surface area (Å²) < 4.78 is 7.87. The summed E-state index contributed by atoms with van der Waals surface area (Å²) in [6.45, 7) is 7.34. The monoisotopic (exact) mass is 291 g/mol. The van der Waals surface area contributed by atoms with Crippen molar-refractivity contribution in [3.05, 3.63) is 18.0 Å². The lowest BCUT2D eigenvalue weighted by molar-refractivity contribution is 0.148. The third kappa shape index (κ3) is 3.67. The Balaban J connectivity index is 1.64. The molecular weight excluding hydrogens is 262 g/mol. The molecule has 0 aromatic carbocycles. The minimum absolute atomic E-state index is 0.260. The molecule has 1 saturated heterocycles. The van der Waals surface area contributed by atoms with Crippen LogP contribution in [0, 0.1) is 5.41 Å². The Kier molecular flexibility index (Phi) is 4.65. The summed E-state index contributed by atoms with van der Waals surface area (Å²) in [6.07, 6.45) is 9.35. The van der Waals surface area contributed by atoms with Crippen molar-refractivity contribution < 1.29 is 4.74 Å². The molecule has 0 bridgehead atoms. The van der Waals surface area contributed by atoms with Gasteiger partial charge >= 0.3 is 0 Å². The van der Waals surface area contributed by atoms with Gasteiger partial charge in [0.15, 0.2) is 0 Å². The molecule has 2 heterocycles. The van der Waals surface area contributed by atoms with Crippen molar-refractivity contribution in [3.63, 3.8) is 0 Å². The fourth-order valence-corrected chi connectivity index (χ4v) is 3.36. The van der Waals surface area contributed by atoms with Crippen LogP contribution in [0.25, 0.3) is 0 Å². The second-order valence-electron chi connectivity index (χ2n) is 6.89. The van der Waals surface area contributed by atoms with Crippen LogP contribution in [0.2, 0.25) is 0 Å². The van der Waals surface area contributed by atoms with E-state index >= 15 is 0 Å². The van der Waals surface area contributed by atoms with Gasteiger partial charge in [-0.15, -0.1) is 0 Å². The van der Waals surface area contributed by atoms with Gasteiger partial charge in [0, 0.05) is 37.2 Å². The topological polar surface area (TPSA) is 39.1 Å². The molecule has 2 aliphatic rings. The van der Waals surface area contributed by atoms with Gasteiger partial charge in [0.1, 0.15) is 0 Å². The summed E-state index contributed by atoms with van der Waals surface area (Å²) in [6, 6.07) is 3.51. The molecule has 1 aromatic rings. The normalized spacial score (nSPS) is 25.9. The van der Waals surface area contributed by atoms with E-state index in [-0.39, 0.29) is 5.41 Å². The first-order valence-electron chi connectivity index (χ1n) is 8.60. The molecule has 0 spiro atoms. The molecule has 1 saturated carbocycles. The molecular formula is C17H29N3O. The maximum Gasteiger partial charge on any atom is 0.0631 e. The van der Waals surface area contributed by atoms with Crippen LogP contribution < -0.4 is 5.32 Å². The van der Waals surface area contributed by atoms with E-state index in [4.69, 9.17) is 9.84 Å². The summed E-state index contributed by atoms with van der Waals surface area (Å²) in [5.41, 5.74) is 1.49. The first kappa shape index (κ1) is 15.0. The van der Waals surface area contributed by atoms with E-state index in [1.54, 1.807) is 0 Å². The van der Waals surface area contributed by atoms with E-state index in [9.17, 15) is 0 Å². The zero-order valence-corrected chi connectivity index (χ0v) is 13.5. The first-order valence-corrected chi connectivity index (χ1v) is 8.60. The lowest BCUT2D eigenvalue weighted by atomic mass is 9.82. The van der Waals surface area contributed by atoms with Crippen LogP contribution in [-0.4, -0.2) is 35.6 Å². The van der Waals surface area contributed by atoms with Crippen molar-refractivity contribution in [3.8, 4) is 0 Å². The standard InChI is InChI=1S/C17H29N3O/c1-3-16(4-2)20-9-7-15(19-20)11-17(8-10-21-13-17)12-18-14-5-6-14/h7,9,14,16,18H,3-6,8,10-13H2,1-2H3. The summed E-state index contributed by atoms with van der Waals surface area (Å²) in [5.74, 6) is 0. The molecule has 1 N–H and O–H groups in total. The quantitative estimate of drug-likeness (QED) is 0.800. The largest absolute Gasteiger partial charge is 0.381 e. The highest BCUT2D eigenvalue weighted by Gasteiger charge is 2.37. The fourth-order valence-electron chi connectivity index (χ4n) is 3.36. The SMILES string of the molecule is CCC(CC)n1ccc(CC2(CNC3CC3)CCOC2)n1. The minimum Gasteiger partial charge on any atom is -0.381 e. The van der Waals surface area contributed by atoms with E-state index in [2.05, 4.69) is 36.1 Å². The zero-order valence-electron chi connectivity index (χ0n) is 13.5. The number of rotatable bonds is 8. The van der Waals surface area contributed by atoms with Gasteiger partial charge in [-0.3, -0.25) is 4.68 Å². The zero-order chi connectivity index (χ0) is 14.7. The van der Waals surface area contributed by atoms with Crippen molar-refractivity contribution in [1.82, 2.24) is 15.1 Å². The molecule has 3 rings (SSSR count). The van der Waals surface area contributed by atoms with Gasteiger partial charge in [-0.05, 0) is 38.2 Å². The average molecular weight is 291 g/mol. The maximum atomic E-state index is 5.71. The average Bonchev–Trinajstić information content (AvgIpc) is 3.04. The van der Waals surface area contributed by atoms with E-state index in [1.165, 1.54) is 18.5 Å². The fraction of sp³-hybridized carbons (Fsp3) is 0.824. The highest BCUT2D eigenvalue weighted by molar-refractivity contribution is 5.06. The highest BCUT2D eigenvalue weighted by Crippen LogP contribution is 2.33. The number of hydrogen-bond donors (Lipinski definition) is 1. The van der Waals surface area contributed by atoms with Gasteiger partial charge in [0.25, 0.3) is 0 Å². The van der Waals surface area contributed by atoms with Crippen LogP contribution in [-0.2, 0) is 11.2 Å². The van der Waals surface area contributed by atoms with Crippen LogP contribution >= 0.6 is 0 Å². The second-order valence-corrected chi connectivity index (χ2v) is 6.89. The van der Waals surface area contributed by atoms with Crippen molar-refractivity contribution in [2.45, 2.75) is 64.5 Å². The minimum atomic E-state index is 0.260. The van der Waals surface area contributed by atoms with Crippen molar-refractivity contribution in [2.24, 2.45) is 5.41 Å². The molecule has 0 amide bonds. The van der Waals surface area contributed by atoms with Gasteiger partial charge in [-0.2, -0.15) is 5.10 Å². The van der Waals surface area contributed by atoms with E-state index in [1.807, 2.05) is 0 Å². The van der Waals surface area contributed by atoms with Gasteiger partial charge in [0.2, 0.25) is 0 Å². The molecule has 118 valence electrons. The maximum absolute atomic E-state index is 5.71. The number of nitrogens with zero attached hydrogens (tertiary/aromatic N) is 2. The number of aromatic nitrogens is 2. The lowest BCUT2D eigenvalue weighted by Crippen LogP contribution is -2.37. The molecule has 1 unspecified atom stereocenters. The molecule has 4 nitrogen and oxygen atoms in total. The molecule has 4 heteroatoms. The van der Waals surface area contributed by atoms with Crippen LogP contribution in [0.4, 0.5) is 0 Å². The molecule has 0 radical (unpaired) electrons. The van der Waals surface area contributed by atoms with Crippen molar-refractivity contribution >= 4 is 0 Å². The Morgan fingerprint density at radius 2 is 2.24 bits per heavy atom. The van der Waals surface area contributed by atoms with E-state index in [0.29, 0.717) is 6.04 Å². The van der Waals surface area contributed by atoms with Gasteiger partial charge in [-0.25, -0.2) is 0 Å². The highest BCUT2D eigenvalue weighted by atomic mass is 16.5. The van der Waals surface area contributed by atoms with Gasteiger partial charge in [0.05, 0.1) is 18.3 Å². The van der Waals surface area contributed by atoms with Crippen LogP contribution in [0.15, 0.2) is 12.3 Å². The third-order valence-electron chi connectivity index (χ3n) is 5.06. The lowest BCUT2D eigenvalue weighted by Gasteiger charge is -2.27. The Labute approximate surface area is 128 Å². The predicted molar refractivity (Wildman–Crippen MR) is 84.4 cm³/mol. The third-order valence-corrected chi connectivity index (χ3v) is 5.06. The van der Waals surface area contributed by atoms with Crippen LogP contribution in [0.3, 0.4) is 0 Å². The first-order chi connectivity index (χ1) is 10.2. The van der Waals surface area contributed by atoms with Crippen LogP contribution in [0.5, 0.6) is 0 Å². The Morgan fingerprint density at radius 3 is 2.86 bits per heavy atom. The summed E-state index contributed by atoms with van der Waals surface area (Å²) in [5, 5.41) is 8.53. The molecule has 1 atom stereocenters. The summed E-state index contributed by atoms with van der Waals surface area (Å²) in [7, 11) is 0. The van der Waals surface area contributed by atoms with Gasteiger partial charge < -0.3 is 10.1 Å². The summed E-state index contributed by atoms with van der Waals surface area (Å²) >= 11 is 0. The molecule has 1 aliphatic heterocycles. The molecule has 2 fully saturated rings. The van der Waals surface area contributed by atoms with Crippen molar-refractivity contribution in [2.75, 3.05) is 19.8 Å². The number of ether oxygens (including phenoxy) is 1. The van der Waals surface area contributed by atoms with E-state index in [0.717, 1.165) is 51.5 Å². The van der Waals surface area contributed by atoms with Crippen LogP contribution in [0.1, 0.15) is 57.7 Å². The summed E-state index contributed by atoms with van der Waals surface area (Å²) in [4.78, 5) is 0. The van der Waals surface area contributed by atoms with E-state index < -0.39 is 0 Å². The Hall–Kier alpha value is -0.870. The molecule has 21 heavy (non-hydrogen) atoms. The Bertz CT molecular complexity index is 443. The number of hydrogen-bond acceptors (Lipinski definition) is 3. The molecule has 1 aromatic heterocycles. The molecule has 1 aliphatic carbocycles. The second kappa shape index (κ2) is 6.49. The van der Waals surface area contributed by atoms with Crippen molar-refractivity contribution in [1.29, 1.82) is 0 Å². The predicted octanol–water partition coefficient (Wildman–Crippen LogP) is 2.95. The Morgan fingerprint density at radius 1 is 1.43 bits per heavy atom. The number of nitrogens with one attached hydrogen (secondary N) is 1. The smallest absolute Gasteiger partial charge is 0.0631 e.